The molecule has 5 heteroatoms. The fourth-order valence-electron chi connectivity index (χ4n) is 1.55. The molecule has 2 aromatic heterocycles. The molecular weight excluding hydrogens is 234 g/mol. The van der Waals surface area contributed by atoms with Gasteiger partial charge in [-0.05, 0) is 23.9 Å². The summed E-state index contributed by atoms with van der Waals surface area (Å²) in [4.78, 5) is 12.9. The number of aryl methyl sites for hydroxylation is 1. The lowest BCUT2D eigenvalue weighted by molar-refractivity contribution is 0.0946. The van der Waals surface area contributed by atoms with Crippen molar-refractivity contribution in [3.8, 4) is 0 Å². The normalized spacial score (nSPS) is 10.4. The minimum absolute atomic E-state index is 0.128. The van der Waals surface area contributed by atoms with E-state index in [0.717, 1.165) is 23.4 Å². The van der Waals surface area contributed by atoms with Crippen molar-refractivity contribution in [2.24, 2.45) is 0 Å². The Bertz CT molecular complexity index is 476. The van der Waals surface area contributed by atoms with E-state index >= 15 is 0 Å². The van der Waals surface area contributed by atoms with Crippen LogP contribution in [0, 0.1) is 0 Å². The van der Waals surface area contributed by atoms with Crippen molar-refractivity contribution in [3.63, 3.8) is 0 Å². The minimum atomic E-state index is -0.128. The summed E-state index contributed by atoms with van der Waals surface area (Å²) in [5.41, 5.74) is 1.47. The van der Waals surface area contributed by atoms with Gasteiger partial charge in [0.05, 0.1) is 6.54 Å². The monoisotopic (exact) mass is 249 g/mol. The Kier molecular flexibility index (Phi) is 3.93. The van der Waals surface area contributed by atoms with Gasteiger partial charge in [0.2, 0.25) is 0 Å². The van der Waals surface area contributed by atoms with Gasteiger partial charge in [-0.1, -0.05) is 19.4 Å². The van der Waals surface area contributed by atoms with E-state index in [1.807, 2.05) is 23.6 Å². The second-order valence-corrected chi connectivity index (χ2v) is 4.82. The molecule has 0 aliphatic carbocycles. The predicted octanol–water partition coefficient (Wildman–Crippen LogP) is 2.35. The van der Waals surface area contributed by atoms with Crippen LogP contribution >= 0.6 is 11.3 Å². The summed E-state index contributed by atoms with van der Waals surface area (Å²) in [6, 6.07) is 5.78. The Hall–Kier alpha value is -1.62. The molecule has 0 aromatic carbocycles. The number of nitrogens with zero attached hydrogens (tertiary/aromatic N) is 1. The van der Waals surface area contributed by atoms with Crippen LogP contribution in [0.25, 0.3) is 0 Å². The van der Waals surface area contributed by atoms with E-state index in [1.165, 1.54) is 0 Å². The van der Waals surface area contributed by atoms with Crippen molar-refractivity contribution in [1.82, 2.24) is 15.5 Å². The van der Waals surface area contributed by atoms with Gasteiger partial charge < -0.3 is 5.32 Å². The van der Waals surface area contributed by atoms with Crippen LogP contribution in [0.3, 0.4) is 0 Å². The molecule has 0 aliphatic rings. The van der Waals surface area contributed by atoms with E-state index in [2.05, 4.69) is 22.4 Å². The molecule has 0 unspecified atom stereocenters. The number of hydrogen-bond donors (Lipinski definition) is 2. The molecule has 0 bridgehead atoms. The molecule has 2 aromatic rings. The van der Waals surface area contributed by atoms with Gasteiger partial charge in [0, 0.05) is 10.6 Å². The van der Waals surface area contributed by atoms with E-state index < -0.39 is 0 Å². The van der Waals surface area contributed by atoms with Crippen LogP contribution in [0.4, 0.5) is 0 Å². The van der Waals surface area contributed by atoms with E-state index in [-0.39, 0.29) is 5.91 Å². The molecule has 1 amide bonds. The number of rotatable bonds is 5. The number of aromatic amines is 1. The second kappa shape index (κ2) is 5.63. The summed E-state index contributed by atoms with van der Waals surface area (Å²) in [6.45, 7) is 2.66. The average molecular weight is 249 g/mol. The van der Waals surface area contributed by atoms with Crippen LogP contribution in [0.15, 0.2) is 23.6 Å². The van der Waals surface area contributed by atoms with Crippen molar-refractivity contribution in [2.75, 3.05) is 0 Å². The number of carbonyl (C=O) groups excluding carboxylic acids is 1. The predicted molar refractivity (Wildman–Crippen MR) is 68.1 cm³/mol. The van der Waals surface area contributed by atoms with Crippen molar-refractivity contribution in [3.05, 3.63) is 39.8 Å². The van der Waals surface area contributed by atoms with Crippen LogP contribution in [-0.2, 0) is 13.0 Å². The van der Waals surface area contributed by atoms with Gasteiger partial charge in [-0.25, -0.2) is 0 Å². The summed E-state index contributed by atoms with van der Waals surface area (Å²) >= 11 is 1.63. The van der Waals surface area contributed by atoms with Crippen molar-refractivity contribution < 1.29 is 4.79 Å². The Labute approximate surface area is 104 Å². The average Bonchev–Trinajstić information content (AvgIpc) is 2.97. The van der Waals surface area contributed by atoms with Gasteiger partial charge in [0.15, 0.2) is 0 Å². The van der Waals surface area contributed by atoms with Crippen LogP contribution < -0.4 is 5.32 Å². The second-order valence-electron chi connectivity index (χ2n) is 3.79. The molecule has 0 spiro atoms. The molecule has 0 fully saturated rings. The molecule has 0 saturated heterocycles. The standard InChI is InChI=1S/C12H15N3OS/c1-2-4-9-7-11(15-14-9)12(16)13-8-10-5-3-6-17-10/h3,5-7H,2,4,8H2,1H3,(H,13,16)(H,14,15). The summed E-state index contributed by atoms with van der Waals surface area (Å²) < 4.78 is 0. The number of aromatic nitrogens is 2. The Morgan fingerprint density at radius 2 is 2.47 bits per heavy atom. The van der Waals surface area contributed by atoms with Crippen LogP contribution in [0.5, 0.6) is 0 Å². The topological polar surface area (TPSA) is 57.8 Å². The molecule has 2 heterocycles. The highest BCUT2D eigenvalue weighted by atomic mass is 32.1. The van der Waals surface area contributed by atoms with Crippen molar-refractivity contribution in [1.29, 1.82) is 0 Å². The molecule has 0 atom stereocenters. The first-order chi connectivity index (χ1) is 8.29. The first-order valence-corrected chi connectivity index (χ1v) is 6.52. The minimum Gasteiger partial charge on any atom is -0.346 e. The maximum atomic E-state index is 11.8. The van der Waals surface area contributed by atoms with Gasteiger partial charge in [-0.2, -0.15) is 5.10 Å². The van der Waals surface area contributed by atoms with Gasteiger partial charge >= 0.3 is 0 Å². The number of thiophene rings is 1. The summed E-state index contributed by atoms with van der Waals surface area (Å²) in [5, 5.41) is 11.7. The maximum absolute atomic E-state index is 11.8. The summed E-state index contributed by atoms with van der Waals surface area (Å²) in [5.74, 6) is -0.128. The number of amides is 1. The summed E-state index contributed by atoms with van der Waals surface area (Å²) in [6.07, 6.45) is 1.96. The molecule has 4 nitrogen and oxygen atoms in total. The zero-order valence-corrected chi connectivity index (χ0v) is 10.5. The number of hydrogen-bond acceptors (Lipinski definition) is 3. The third-order valence-corrected chi connectivity index (χ3v) is 3.26. The number of carbonyl (C=O) groups is 1. The maximum Gasteiger partial charge on any atom is 0.272 e. The zero-order valence-electron chi connectivity index (χ0n) is 9.69. The van der Waals surface area contributed by atoms with Gasteiger partial charge in [-0.3, -0.25) is 9.89 Å². The smallest absolute Gasteiger partial charge is 0.272 e. The largest absolute Gasteiger partial charge is 0.346 e. The van der Waals surface area contributed by atoms with Crippen LogP contribution in [-0.4, -0.2) is 16.1 Å². The van der Waals surface area contributed by atoms with Gasteiger partial charge in [0.1, 0.15) is 5.69 Å². The third-order valence-electron chi connectivity index (χ3n) is 2.39. The fraction of sp³-hybridized carbons (Fsp3) is 0.333. The lowest BCUT2D eigenvalue weighted by atomic mass is 10.2. The SMILES string of the molecule is CCCc1cc(C(=O)NCc2cccs2)n[nH]1. The molecule has 0 aliphatic heterocycles. The Morgan fingerprint density at radius 3 is 3.18 bits per heavy atom. The van der Waals surface area contributed by atoms with E-state index in [0.29, 0.717) is 12.2 Å². The van der Waals surface area contributed by atoms with E-state index in [9.17, 15) is 4.79 Å². The Morgan fingerprint density at radius 1 is 1.59 bits per heavy atom. The lowest BCUT2D eigenvalue weighted by Crippen LogP contribution is -2.22. The lowest BCUT2D eigenvalue weighted by Gasteiger charge is -1.99. The Balaban J connectivity index is 1.90. The first kappa shape index (κ1) is 11.9. The van der Waals surface area contributed by atoms with E-state index in [1.54, 1.807) is 11.3 Å². The highest BCUT2D eigenvalue weighted by molar-refractivity contribution is 7.09. The molecule has 90 valence electrons. The van der Waals surface area contributed by atoms with Gasteiger partial charge in [0.25, 0.3) is 5.91 Å². The molecule has 0 saturated carbocycles. The molecule has 2 N–H and O–H groups in total. The van der Waals surface area contributed by atoms with Crippen LogP contribution in [0.2, 0.25) is 0 Å². The van der Waals surface area contributed by atoms with E-state index in [4.69, 9.17) is 0 Å². The number of H-pyrrole nitrogens is 1. The van der Waals surface area contributed by atoms with Crippen LogP contribution in [0.1, 0.15) is 34.4 Å². The molecule has 0 radical (unpaired) electrons. The van der Waals surface area contributed by atoms with Crippen molar-refractivity contribution >= 4 is 17.2 Å². The van der Waals surface area contributed by atoms with Gasteiger partial charge in [-0.15, -0.1) is 11.3 Å². The first-order valence-electron chi connectivity index (χ1n) is 5.64. The molecule has 2 rings (SSSR count). The highest BCUT2D eigenvalue weighted by Gasteiger charge is 2.09. The summed E-state index contributed by atoms with van der Waals surface area (Å²) in [7, 11) is 0. The zero-order chi connectivity index (χ0) is 12.1. The highest BCUT2D eigenvalue weighted by Crippen LogP contribution is 2.08. The fourth-order valence-corrected chi connectivity index (χ4v) is 2.19. The number of nitrogens with one attached hydrogen (secondary N) is 2. The quantitative estimate of drug-likeness (QED) is 0.854. The third kappa shape index (κ3) is 3.17. The molecular formula is C12H15N3OS. The van der Waals surface area contributed by atoms with Crippen molar-refractivity contribution in [2.45, 2.75) is 26.3 Å². The molecule has 17 heavy (non-hydrogen) atoms.